The Morgan fingerprint density at radius 2 is 1.88 bits per heavy atom. The number of benzene rings is 2. The smallest absolute Gasteiger partial charge is 0.262 e. The molecule has 2 aromatic carbocycles. The number of hydrogen-bond acceptors (Lipinski definition) is 4. The molecule has 0 radical (unpaired) electrons. The van der Waals surface area contributed by atoms with E-state index in [-0.39, 0.29) is 24.9 Å². The van der Waals surface area contributed by atoms with Gasteiger partial charge in [0.25, 0.3) is 5.91 Å². The number of halogens is 2. The fraction of sp³-hybridized carbons (Fsp3) is 0.222. The molecule has 2 aromatic rings. The van der Waals surface area contributed by atoms with Crippen LogP contribution in [0, 0.1) is 0 Å². The first-order chi connectivity index (χ1) is 12.5. The van der Waals surface area contributed by atoms with Gasteiger partial charge in [-0.25, -0.2) is 0 Å². The van der Waals surface area contributed by atoms with Crippen molar-refractivity contribution in [2.45, 2.75) is 6.10 Å². The normalized spacial score (nSPS) is 15.7. The van der Waals surface area contributed by atoms with E-state index in [4.69, 9.17) is 27.9 Å². The molecule has 0 unspecified atom stereocenters. The van der Waals surface area contributed by atoms with Gasteiger partial charge in [-0.05, 0) is 30.3 Å². The fourth-order valence-electron chi connectivity index (χ4n) is 2.75. The van der Waals surface area contributed by atoms with Gasteiger partial charge in [-0.1, -0.05) is 35.3 Å². The summed E-state index contributed by atoms with van der Waals surface area (Å²) in [6, 6.07) is 12.1. The molecule has 0 bridgehead atoms. The number of anilines is 2. The molecule has 3 rings (SSSR count). The van der Waals surface area contributed by atoms with Gasteiger partial charge < -0.3 is 20.3 Å². The lowest BCUT2D eigenvalue weighted by molar-refractivity contribution is -0.127. The number of carbonyl (C=O) groups is 2. The zero-order valence-electron chi connectivity index (χ0n) is 14.0. The third-order valence-corrected chi connectivity index (χ3v) is 4.32. The highest BCUT2D eigenvalue weighted by Crippen LogP contribution is 2.33. The van der Waals surface area contributed by atoms with Crippen LogP contribution in [0.5, 0.6) is 5.75 Å². The first kappa shape index (κ1) is 18.4. The van der Waals surface area contributed by atoms with Crippen LogP contribution >= 0.6 is 23.2 Å². The Labute approximate surface area is 161 Å². The Balaban J connectivity index is 1.76. The number of amides is 2. The second-order valence-corrected chi connectivity index (χ2v) is 6.65. The number of para-hydroxylation sites is 2. The van der Waals surface area contributed by atoms with Gasteiger partial charge in [-0.15, -0.1) is 0 Å². The third-order valence-electron chi connectivity index (χ3n) is 3.88. The molecule has 0 spiro atoms. The maximum absolute atomic E-state index is 12.5. The zero-order chi connectivity index (χ0) is 18.7. The molecule has 1 aliphatic heterocycles. The van der Waals surface area contributed by atoms with E-state index in [1.165, 1.54) is 0 Å². The second kappa shape index (κ2) is 7.85. The quantitative estimate of drug-likeness (QED) is 0.837. The van der Waals surface area contributed by atoms with Crippen molar-refractivity contribution in [2.75, 3.05) is 30.4 Å². The molecule has 8 heteroatoms. The number of nitrogens with one attached hydrogen (secondary N) is 2. The molecule has 1 atom stereocenters. The molecule has 1 aliphatic rings. The van der Waals surface area contributed by atoms with Gasteiger partial charge in [-0.2, -0.15) is 0 Å². The summed E-state index contributed by atoms with van der Waals surface area (Å²) < 4.78 is 5.73. The van der Waals surface area contributed by atoms with Crippen molar-refractivity contribution in [3.05, 3.63) is 52.5 Å². The van der Waals surface area contributed by atoms with Gasteiger partial charge in [0.15, 0.2) is 6.10 Å². The van der Waals surface area contributed by atoms with Crippen LogP contribution in [-0.2, 0) is 9.59 Å². The molecule has 1 heterocycles. The van der Waals surface area contributed by atoms with Crippen LogP contribution in [0.25, 0.3) is 0 Å². The highest BCUT2D eigenvalue weighted by molar-refractivity contribution is 6.35. The number of nitrogens with zero attached hydrogens (tertiary/aromatic N) is 1. The monoisotopic (exact) mass is 393 g/mol. The molecule has 0 saturated carbocycles. The molecule has 0 fully saturated rings. The number of carbonyl (C=O) groups excluding carboxylic acids is 2. The van der Waals surface area contributed by atoms with Crippen LogP contribution in [0.2, 0.25) is 10.0 Å². The van der Waals surface area contributed by atoms with Crippen molar-refractivity contribution in [1.82, 2.24) is 5.32 Å². The molecule has 0 aliphatic carbocycles. The lowest BCUT2D eigenvalue weighted by Crippen LogP contribution is -2.50. The van der Waals surface area contributed by atoms with E-state index < -0.39 is 6.10 Å². The van der Waals surface area contributed by atoms with Gasteiger partial charge in [0.1, 0.15) is 5.75 Å². The minimum absolute atomic E-state index is 0.0536. The molecule has 2 amide bonds. The zero-order valence-corrected chi connectivity index (χ0v) is 15.5. The Hall–Kier alpha value is -2.44. The van der Waals surface area contributed by atoms with Gasteiger partial charge in [0.2, 0.25) is 5.91 Å². The van der Waals surface area contributed by atoms with Crippen molar-refractivity contribution in [3.8, 4) is 5.75 Å². The van der Waals surface area contributed by atoms with Crippen LogP contribution in [0.3, 0.4) is 0 Å². The van der Waals surface area contributed by atoms with Crippen molar-refractivity contribution < 1.29 is 14.3 Å². The summed E-state index contributed by atoms with van der Waals surface area (Å²) in [5, 5.41) is 6.21. The van der Waals surface area contributed by atoms with E-state index in [9.17, 15) is 9.59 Å². The Morgan fingerprint density at radius 1 is 1.19 bits per heavy atom. The summed E-state index contributed by atoms with van der Waals surface area (Å²) in [6.45, 7) is 0.318. The Bertz CT molecular complexity index is 824. The summed E-state index contributed by atoms with van der Waals surface area (Å²) in [6.07, 6.45) is -0.691. The van der Waals surface area contributed by atoms with Crippen LogP contribution < -0.4 is 20.3 Å². The maximum Gasteiger partial charge on any atom is 0.262 e. The maximum atomic E-state index is 12.5. The summed E-state index contributed by atoms with van der Waals surface area (Å²) in [4.78, 5) is 26.3. The summed E-state index contributed by atoms with van der Waals surface area (Å²) in [5.74, 6) is 0.0631. The van der Waals surface area contributed by atoms with Gasteiger partial charge >= 0.3 is 0 Å². The molecule has 6 nitrogen and oxygen atoms in total. The number of hydrogen-bond donors (Lipinski definition) is 2. The highest BCUT2D eigenvalue weighted by atomic mass is 35.5. The van der Waals surface area contributed by atoms with Crippen LogP contribution in [0.15, 0.2) is 42.5 Å². The van der Waals surface area contributed by atoms with Gasteiger partial charge in [0, 0.05) is 22.8 Å². The van der Waals surface area contributed by atoms with E-state index >= 15 is 0 Å². The number of likely N-dealkylation sites (N-methyl/N-ethyl adjacent to an activating group) is 1. The fourth-order valence-corrected chi connectivity index (χ4v) is 3.28. The lowest BCUT2D eigenvalue weighted by Gasteiger charge is -2.35. The third kappa shape index (κ3) is 4.20. The molecule has 2 N–H and O–H groups in total. The van der Waals surface area contributed by atoms with Crippen molar-refractivity contribution in [3.63, 3.8) is 0 Å². The first-order valence-electron chi connectivity index (χ1n) is 7.94. The molecule has 26 heavy (non-hydrogen) atoms. The Kier molecular flexibility index (Phi) is 5.54. The lowest BCUT2D eigenvalue weighted by atomic mass is 10.1. The van der Waals surface area contributed by atoms with E-state index in [0.717, 1.165) is 5.69 Å². The first-order valence-corrected chi connectivity index (χ1v) is 8.70. The van der Waals surface area contributed by atoms with E-state index in [2.05, 4.69) is 10.6 Å². The summed E-state index contributed by atoms with van der Waals surface area (Å²) in [7, 11) is 1.55. The average Bonchev–Trinajstić information content (AvgIpc) is 2.59. The predicted octanol–water partition coefficient (Wildman–Crippen LogP) is 2.95. The van der Waals surface area contributed by atoms with Crippen molar-refractivity contribution in [2.24, 2.45) is 0 Å². The minimum Gasteiger partial charge on any atom is -0.477 e. The van der Waals surface area contributed by atoms with E-state index in [1.807, 2.05) is 18.2 Å². The average molecular weight is 394 g/mol. The highest BCUT2D eigenvalue weighted by Gasteiger charge is 2.30. The van der Waals surface area contributed by atoms with Crippen molar-refractivity contribution >= 4 is 46.4 Å². The number of fused-ring (bicyclic) bond motifs is 1. The van der Waals surface area contributed by atoms with Crippen LogP contribution in [0.4, 0.5) is 11.4 Å². The SMILES string of the molecule is CNC(=O)[C@H]1CN(CC(=O)Nc2cc(Cl)cc(Cl)c2)c2ccccc2O1. The molecule has 136 valence electrons. The summed E-state index contributed by atoms with van der Waals surface area (Å²) in [5.41, 5.74) is 1.27. The standard InChI is InChI=1S/C18H17Cl2N3O3/c1-21-18(25)16-9-23(14-4-2-3-5-15(14)26-16)10-17(24)22-13-7-11(19)6-12(20)8-13/h2-8,16H,9-10H2,1H3,(H,21,25)(H,22,24)/t16-/m1/s1. The number of rotatable bonds is 4. The Morgan fingerprint density at radius 3 is 2.58 bits per heavy atom. The largest absolute Gasteiger partial charge is 0.477 e. The minimum atomic E-state index is -0.691. The van der Waals surface area contributed by atoms with Crippen molar-refractivity contribution in [1.29, 1.82) is 0 Å². The molecular weight excluding hydrogens is 377 g/mol. The molecular formula is C18H17Cl2N3O3. The molecule has 0 saturated heterocycles. The molecule has 0 aromatic heterocycles. The topological polar surface area (TPSA) is 70.7 Å². The van der Waals surface area contributed by atoms with E-state index in [1.54, 1.807) is 36.2 Å². The number of ether oxygens (including phenoxy) is 1. The van der Waals surface area contributed by atoms with E-state index in [0.29, 0.717) is 21.5 Å². The van der Waals surface area contributed by atoms with Crippen LogP contribution in [0.1, 0.15) is 0 Å². The van der Waals surface area contributed by atoms with Gasteiger partial charge in [0.05, 0.1) is 18.8 Å². The predicted molar refractivity (Wildman–Crippen MR) is 102 cm³/mol. The second-order valence-electron chi connectivity index (χ2n) is 5.78. The van der Waals surface area contributed by atoms with Gasteiger partial charge in [-0.3, -0.25) is 9.59 Å². The van der Waals surface area contributed by atoms with Crippen LogP contribution in [-0.4, -0.2) is 38.1 Å². The summed E-state index contributed by atoms with van der Waals surface area (Å²) >= 11 is 11.9.